The van der Waals surface area contributed by atoms with E-state index < -0.39 is 0 Å². The number of pyridine rings is 1. The minimum Gasteiger partial charge on any atom is -0.316 e. The number of aromatic nitrogens is 1. The van der Waals surface area contributed by atoms with Crippen LogP contribution in [-0.2, 0) is 6.54 Å². The van der Waals surface area contributed by atoms with Gasteiger partial charge in [0.05, 0.1) is 0 Å². The Bertz CT molecular complexity index is 165. The minimum absolute atomic E-state index is 0. The van der Waals surface area contributed by atoms with Gasteiger partial charge in [-0.2, -0.15) is 0 Å². The molecular weight excluding hydrogens is 148 g/mol. The fourth-order valence-electron chi connectivity index (χ4n) is 0.707. The van der Waals surface area contributed by atoms with E-state index in [2.05, 4.69) is 10.3 Å². The average molecular weight is 159 g/mol. The van der Waals surface area contributed by atoms with Crippen molar-refractivity contribution in [1.29, 1.82) is 0 Å². The van der Waals surface area contributed by atoms with E-state index in [4.69, 9.17) is 0 Å². The minimum atomic E-state index is 0. The fraction of sp³-hybridized carbons (Fsp3) is 0.286. The van der Waals surface area contributed by atoms with Crippen LogP contribution >= 0.6 is 12.4 Å². The second-order valence-corrected chi connectivity index (χ2v) is 1.89. The van der Waals surface area contributed by atoms with E-state index in [0.717, 1.165) is 6.54 Å². The molecule has 0 aliphatic rings. The second kappa shape index (κ2) is 5.21. The van der Waals surface area contributed by atoms with Crippen LogP contribution in [0.15, 0.2) is 24.5 Å². The molecule has 56 valence electrons. The zero-order valence-electron chi connectivity index (χ0n) is 5.87. The van der Waals surface area contributed by atoms with Gasteiger partial charge in [-0.3, -0.25) is 4.98 Å². The summed E-state index contributed by atoms with van der Waals surface area (Å²) in [7, 11) is 1.92. The average Bonchev–Trinajstić information content (AvgIpc) is 1.91. The number of hydrogen-bond donors (Lipinski definition) is 1. The molecule has 0 saturated heterocycles. The third-order valence-corrected chi connectivity index (χ3v) is 1.10. The van der Waals surface area contributed by atoms with Crippen LogP contribution in [-0.4, -0.2) is 12.0 Å². The molecule has 2 nitrogen and oxygen atoms in total. The van der Waals surface area contributed by atoms with Gasteiger partial charge < -0.3 is 5.32 Å². The Kier molecular flexibility index (Phi) is 4.89. The Labute approximate surface area is 67.1 Å². The molecule has 0 atom stereocenters. The maximum Gasteiger partial charge on any atom is 0.0312 e. The van der Waals surface area contributed by atoms with E-state index in [1.807, 2.05) is 25.4 Å². The highest BCUT2D eigenvalue weighted by atomic mass is 35.5. The smallest absolute Gasteiger partial charge is 0.0312 e. The van der Waals surface area contributed by atoms with Gasteiger partial charge in [0.2, 0.25) is 0 Å². The van der Waals surface area contributed by atoms with Gasteiger partial charge >= 0.3 is 0 Å². The van der Waals surface area contributed by atoms with Crippen molar-refractivity contribution in [2.24, 2.45) is 0 Å². The lowest BCUT2D eigenvalue weighted by atomic mass is 10.3. The molecule has 0 aromatic carbocycles. The normalized spacial score (nSPS) is 8.50. The second-order valence-electron chi connectivity index (χ2n) is 1.89. The van der Waals surface area contributed by atoms with Crippen LogP contribution in [0.5, 0.6) is 0 Å². The molecule has 0 amide bonds. The first-order valence-electron chi connectivity index (χ1n) is 2.97. The summed E-state index contributed by atoms with van der Waals surface area (Å²) >= 11 is 0. The van der Waals surface area contributed by atoms with Crippen LogP contribution in [0.4, 0.5) is 0 Å². The Morgan fingerprint density at radius 1 is 1.60 bits per heavy atom. The summed E-state index contributed by atoms with van der Waals surface area (Å²) in [5.74, 6) is 0. The van der Waals surface area contributed by atoms with Gasteiger partial charge in [-0.15, -0.1) is 12.4 Å². The summed E-state index contributed by atoms with van der Waals surface area (Å²) in [6.07, 6.45) is 3.63. The highest BCUT2D eigenvalue weighted by Crippen LogP contribution is 1.92. The number of rotatable bonds is 2. The number of halogens is 1. The number of hydrogen-bond acceptors (Lipinski definition) is 2. The SMILES string of the molecule is CNCc1cccnc1.Cl. The lowest BCUT2D eigenvalue weighted by Gasteiger charge is -1.95. The zero-order chi connectivity index (χ0) is 6.53. The maximum absolute atomic E-state index is 3.96. The molecule has 1 rings (SSSR count). The van der Waals surface area contributed by atoms with Crippen LogP contribution in [0.25, 0.3) is 0 Å². The van der Waals surface area contributed by atoms with Crippen molar-refractivity contribution in [1.82, 2.24) is 10.3 Å². The van der Waals surface area contributed by atoms with Crippen molar-refractivity contribution in [2.45, 2.75) is 6.54 Å². The van der Waals surface area contributed by atoms with Gasteiger partial charge in [-0.1, -0.05) is 6.07 Å². The third kappa shape index (κ3) is 2.80. The summed E-state index contributed by atoms with van der Waals surface area (Å²) in [6.45, 7) is 0.897. The summed E-state index contributed by atoms with van der Waals surface area (Å²) in [5.41, 5.74) is 1.22. The predicted octanol–water partition coefficient (Wildman–Crippen LogP) is 1.22. The largest absolute Gasteiger partial charge is 0.316 e. The zero-order valence-corrected chi connectivity index (χ0v) is 6.69. The fourth-order valence-corrected chi connectivity index (χ4v) is 0.707. The molecule has 0 fully saturated rings. The van der Waals surface area contributed by atoms with Gasteiger partial charge in [0.15, 0.2) is 0 Å². The number of nitrogens with zero attached hydrogens (tertiary/aromatic N) is 1. The molecule has 0 saturated carbocycles. The highest BCUT2D eigenvalue weighted by Gasteiger charge is 1.84. The van der Waals surface area contributed by atoms with Crippen LogP contribution in [0.1, 0.15) is 5.56 Å². The topological polar surface area (TPSA) is 24.9 Å². The molecule has 1 heterocycles. The van der Waals surface area contributed by atoms with Crippen LogP contribution in [0, 0.1) is 0 Å². The van der Waals surface area contributed by atoms with Crippen molar-refractivity contribution in [3.63, 3.8) is 0 Å². The van der Waals surface area contributed by atoms with Crippen LogP contribution in [0.3, 0.4) is 0 Å². The first-order chi connectivity index (χ1) is 4.43. The highest BCUT2D eigenvalue weighted by molar-refractivity contribution is 5.85. The summed E-state index contributed by atoms with van der Waals surface area (Å²) in [6, 6.07) is 3.98. The Balaban J connectivity index is 0.000000810. The lowest BCUT2D eigenvalue weighted by molar-refractivity contribution is 0.813. The van der Waals surface area contributed by atoms with Crippen molar-refractivity contribution in [3.8, 4) is 0 Å². The van der Waals surface area contributed by atoms with E-state index in [1.54, 1.807) is 6.20 Å². The first kappa shape index (κ1) is 9.40. The summed E-state index contributed by atoms with van der Waals surface area (Å²) in [5, 5.41) is 3.04. The van der Waals surface area contributed by atoms with E-state index in [-0.39, 0.29) is 12.4 Å². The molecule has 1 aromatic rings. The van der Waals surface area contributed by atoms with Gasteiger partial charge in [-0.25, -0.2) is 0 Å². The molecule has 1 N–H and O–H groups in total. The lowest BCUT2D eigenvalue weighted by Crippen LogP contribution is -2.04. The van der Waals surface area contributed by atoms with Crippen LogP contribution < -0.4 is 5.32 Å². The van der Waals surface area contributed by atoms with Crippen molar-refractivity contribution < 1.29 is 0 Å². The molecule has 0 radical (unpaired) electrons. The van der Waals surface area contributed by atoms with Gasteiger partial charge in [0.1, 0.15) is 0 Å². The van der Waals surface area contributed by atoms with Gasteiger partial charge in [0.25, 0.3) is 0 Å². The summed E-state index contributed by atoms with van der Waals surface area (Å²) < 4.78 is 0. The van der Waals surface area contributed by atoms with E-state index in [1.165, 1.54) is 5.56 Å². The van der Waals surface area contributed by atoms with Gasteiger partial charge in [-0.05, 0) is 18.7 Å². The maximum atomic E-state index is 3.96. The molecule has 10 heavy (non-hydrogen) atoms. The Morgan fingerprint density at radius 3 is 2.90 bits per heavy atom. The molecule has 3 heteroatoms. The van der Waals surface area contributed by atoms with E-state index in [0.29, 0.717) is 0 Å². The Morgan fingerprint density at radius 2 is 2.40 bits per heavy atom. The molecule has 0 aliphatic carbocycles. The van der Waals surface area contributed by atoms with Crippen molar-refractivity contribution in [2.75, 3.05) is 7.05 Å². The van der Waals surface area contributed by atoms with Crippen molar-refractivity contribution >= 4 is 12.4 Å². The predicted molar refractivity (Wildman–Crippen MR) is 44.2 cm³/mol. The first-order valence-corrected chi connectivity index (χ1v) is 2.97. The van der Waals surface area contributed by atoms with Gasteiger partial charge in [0, 0.05) is 18.9 Å². The monoisotopic (exact) mass is 158 g/mol. The third-order valence-electron chi connectivity index (χ3n) is 1.10. The molecule has 0 bridgehead atoms. The number of nitrogens with one attached hydrogen (secondary N) is 1. The van der Waals surface area contributed by atoms with Crippen LogP contribution in [0.2, 0.25) is 0 Å². The standard InChI is InChI=1S/C7H10N2.ClH/c1-8-5-7-3-2-4-9-6-7;/h2-4,6,8H,5H2,1H3;1H. The molecule has 0 spiro atoms. The molecular formula is C7H11ClN2. The van der Waals surface area contributed by atoms with Crippen molar-refractivity contribution in [3.05, 3.63) is 30.1 Å². The Hall–Kier alpha value is -0.600. The van der Waals surface area contributed by atoms with E-state index >= 15 is 0 Å². The quantitative estimate of drug-likeness (QED) is 0.700. The molecule has 1 aromatic heterocycles. The van der Waals surface area contributed by atoms with E-state index in [9.17, 15) is 0 Å². The molecule has 0 unspecified atom stereocenters. The summed E-state index contributed by atoms with van der Waals surface area (Å²) in [4.78, 5) is 3.96. The molecule has 0 aliphatic heterocycles.